The summed E-state index contributed by atoms with van der Waals surface area (Å²) in [5.41, 5.74) is 1.80. The summed E-state index contributed by atoms with van der Waals surface area (Å²) < 4.78 is 0. The van der Waals surface area contributed by atoms with Gasteiger partial charge in [-0.25, -0.2) is 0 Å². The van der Waals surface area contributed by atoms with E-state index in [1.54, 1.807) is 0 Å². The van der Waals surface area contributed by atoms with Gasteiger partial charge in [0.2, 0.25) is 17.2 Å². The molecule has 0 unspecified atom stereocenters. The van der Waals surface area contributed by atoms with Gasteiger partial charge < -0.3 is 10.6 Å². The molecule has 0 aliphatic carbocycles. The Kier molecular flexibility index (Phi) is 4.39. The Labute approximate surface area is 121 Å². The standard InChI is InChI=1S/C12H13Cl2N5/c1-3-15-11-17-10(14)18-12(19-11)16-9-5-4-7(2)6-8(9)13/h4-6H,3H2,1-2H3,(H2,15,16,17,18,19). The SMILES string of the molecule is CCNc1nc(Cl)nc(Nc2ccc(C)cc2Cl)n1. The van der Waals surface area contributed by atoms with E-state index in [1.807, 2.05) is 32.0 Å². The van der Waals surface area contributed by atoms with Crippen molar-refractivity contribution < 1.29 is 0 Å². The van der Waals surface area contributed by atoms with Crippen molar-refractivity contribution in [3.8, 4) is 0 Å². The molecular formula is C12H13Cl2N5. The molecule has 0 spiro atoms. The zero-order valence-electron chi connectivity index (χ0n) is 10.5. The maximum atomic E-state index is 6.14. The topological polar surface area (TPSA) is 62.7 Å². The Hall–Kier alpha value is -1.59. The maximum Gasteiger partial charge on any atom is 0.233 e. The Morgan fingerprint density at radius 2 is 1.84 bits per heavy atom. The average Bonchev–Trinajstić information content (AvgIpc) is 2.32. The first kappa shape index (κ1) is 13.8. The first-order chi connectivity index (χ1) is 9.08. The van der Waals surface area contributed by atoms with Crippen LogP contribution in [0.3, 0.4) is 0 Å². The lowest BCUT2D eigenvalue weighted by molar-refractivity contribution is 1.02. The highest BCUT2D eigenvalue weighted by Gasteiger charge is 2.07. The second kappa shape index (κ2) is 6.04. The molecule has 0 saturated carbocycles. The van der Waals surface area contributed by atoms with Crippen LogP contribution in [0.2, 0.25) is 10.3 Å². The number of halogens is 2. The van der Waals surface area contributed by atoms with Gasteiger partial charge in [-0.1, -0.05) is 17.7 Å². The normalized spacial score (nSPS) is 10.3. The quantitative estimate of drug-likeness (QED) is 0.902. The van der Waals surface area contributed by atoms with Crippen LogP contribution < -0.4 is 10.6 Å². The second-order valence-electron chi connectivity index (χ2n) is 3.89. The highest BCUT2D eigenvalue weighted by molar-refractivity contribution is 6.33. The summed E-state index contributed by atoms with van der Waals surface area (Å²) in [5.74, 6) is 0.773. The Balaban J connectivity index is 2.27. The van der Waals surface area contributed by atoms with E-state index in [0.717, 1.165) is 11.3 Å². The van der Waals surface area contributed by atoms with Crippen molar-refractivity contribution in [2.75, 3.05) is 17.2 Å². The predicted molar refractivity (Wildman–Crippen MR) is 78.5 cm³/mol. The molecule has 0 fully saturated rings. The number of rotatable bonds is 4. The molecule has 19 heavy (non-hydrogen) atoms. The molecule has 0 aliphatic rings. The molecule has 0 bridgehead atoms. The van der Waals surface area contributed by atoms with Crippen LogP contribution in [0, 0.1) is 6.92 Å². The molecule has 100 valence electrons. The van der Waals surface area contributed by atoms with Crippen molar-refractivity contribution in [2.24, 2.45) is 0 Å². The number of benzene rings is 1. The zero-order valence-corrected chi connectivity index (χ0v) is 12.0. The van der Waals surface area contributed by atoms with Crippen molar-refractivity contribution in [2.45, 2.75) is 13.8 Å². The molecule has 1 heterocycles. The van der Waals surface area contributed by atoms with Gasteiger partial charge in [0.1, 0.15) is 0 Å². The first-order valence-electron chi connectivity index (χ1n) is 5.77. The van der Waals surface area contributed by atoms with Crippen molar-refractivity contribution in [1.82, 2.24) is 15.0 Å². The summed E-state index contributed by atoms with van der Waals surface area (Å²) in [6.45, 7) is 4.62. The van der Waals surface area contributed by atoms with Gasteiger partial charge in [0.15, 0.2) is 0 Å². The van der Waals surface area contributed by atoms with E-state index in [9.17, 15) is 0 Å². The van der Waals surface area contributed by atoms with Gasteiger partial charge >= 0.3 is 0 Å². The van der Waals surface area contributed by atoms with Crippen molar-refractivity contribution in [3.05, 3.63) is 34.1 Å². The fraction of sp³-hybridized carbons (Fsp3) is 0.250. The summed E-state index contributed by atoms with van der Waals surface area (Å²) >= 11 is 12.0. The number of anilines is 3. The third-order valence-electron chi connectivity index (χ3n) is 2.31. The lowest BCUT2D eigenvalue weighted by atomic mass is 10.2. The molecule has 0 saturated heterocycles. The molecule has 0 amide bonds. The molecule has 2 aromatic rings. The molecule has 5 nitrogen and oxygen atoms in total. The van der Waals surface area contributed by atoms with Gasteiger partial charge in [-0.05, 0) is 43.1 Å². The minimum absolute atomic E-state index is 0.122. The first-order valence-corrected chi connectivity index (χ1v) is 6.52. The fourth-order valence-electron chi connectivity index (χ4n) is 1.49. The Morgan fingerprint density at radius 1 is 1.11 bits per heavy atom. The van der Waals surface area contributed by atoms with E-state index in [0.29, 0.717) is 23.5 Å². The van der Waals surface area contributed by atoms with Crippen molar-refractivity contribution >= 4 is 40.8 Å². The molecule has 0 radical (unpaired) electrons. The number of aryl methyl sites for hydroxylation is 1. The predicted octanol–water partition coefficient (Wildman–Crippen LogP) is 3.66. The molecular weight excluding hydrogens is 285 g/mol. The minimum atomic E-state index is 0.122. The smallest absolute Gasteiger partial charge is 0.233 e. The Bertz CT molecular complexity index is 588. The largest absolute Gasteiger partial charge is 0.354 e. The molecule has 1 aromatic carbocycles. The van der Waals surface area contributed by atoms with E-state index in [-0.39, 0.29) is 5.28 Å². The third-order valence-corrected chi connectivity index (χ3v) is 2.80. The lowest BCUT2D eigenvalue weighted by Crippen LogP contribution is -2.06. The van der Waals surface area contributed by atoms with Crippen molar-refractivity contribution in [1.29, 1.82) is 0 Å². The molecule has 1 aromatic heterocycles. The molecule has 2 N–H and O–H groups in total. The summed E-state index contributed by atoms with van der Waals surface area (Å²) in [6.07, 6.45) is 0. The van der Waals surface area contributed by atoms with Crippen LogP contribution in [0.5, 0.6) is 0 Å². The molecule has 0 aliphatic heterocycles. The zero-order chi connectivity index (χ0) is 13.8. The van der Waals surface area contributed by atoms with E-state index >= 15 is 0 Å². The highest BCUT2D eigenvalue weighted by atomic mass is 35.5. The minimum Gasteiger partial charge on any atom is -0.354 e. The van der Waals surface area contributed by atoms with Gasteiger partial charge in [0, 0.05) is 6.54 Å². The van der Waals surface area contributed by atoms with Crippen LogP contribution in [-0.4, -0.2) is 21.5 Å². The van der Waals surface area contributed by atoms with Gasteiger partial charge in [-0.3, -0.25) is 0 Å². The third kappa shape index (κ3) is 3.68. The van der Waals surface area contributed by atoms with E-state index in [2.05, 4.69) is 25.6 Å². The summed E-state index contributed by atoms with van der Waals surface area (Å²) in [6, 6.07) is 5.67. The molecule has 0 atom stereocenters. The van der Waals surface area contributed by atoms with Gasteiger partial charge in [0.25, 0.3) is 0 Å². The summed E-state index contributed by atoms with van der Waals surface area (Å²) in [5, 5.41) is 6.72. The molecule has 2 rings (SSSR count). The van der Waals surface area contributed by atoms with Crippen LogP contribution in [0.4, 0.5) is 17.6 Å². The summed E-state index contributed by atoms with van der Waals surface area (Å²) in [7, 11) is 0. The number of nitrogens with zero attached hydrogens (tertiary/aromatic N) is 3. The van der Waals surface area contributed by atoms with Crippen LogP contribution in [0.15, 0.2) is 18.2 Å². The second-order valence-corrected chi connectivity index (χ2v) is 4.64. The maximum absolute atomic E-state index is 6.14. The number of aromatic nitrogens is 3. The Morgan fingerprint density at radius 3 is 2.53 bits per heavy atom. The number of hydrogen-bond acceptors (Lipinski definition) is 5. The summed E-state index contributed by atoms with van der Waals surface area (Å²) in [4.78, 5) is 12.2. The highest BCUT2D eigenvalue weighted by Crippen LogP contribution is 2.25. The average molecular weight is 298 g/mol. The number of hydrogen-bond donors (Lipinski definition) is 2. The lowest BCUT2D eigenvalue weighted by Gasteiger charge is -2.09. The molecule has 7 heteroatoms. The fourth-order valence-corrected chi connectivity index (χ4v) is 1.93. The van der Waals surface area contributed by atoms with Gasteiger partial charge in [-0.15, -0.1) is 0 Å². The van der Waals surface area contributed by atoms with E-state index in [1.165, 1.54) is 0 Å². The van der Waals surface area contributed by atoms with Crippen LogP contribution in [-0.2, 0) is 0 Å². The monoisotopic (exact) mass is 297 g/mol. The van der Waals surface area contributed by atoms with Gasteiger partial charge in [-0.2, -0.15) is 15.0 Å². The van der Waals surface area contributed by atoms with Gasteiger partial charge in [0.05, 0.1) is 10.7 Å². The van der Waals surface area contributed by atoms with Crippen LogP contribution in [0.1, 0.15) is 12.5 Å². The van der Waals surface area contributed by atoms with Crippen LogP contribution in [0.25, 0.3) is 0 Å². The van der Waals surface area contributed by atoms with E-state index in [4.69, 9.17) is 23.2 Å². The number of nitrogens with one attached hydrogen (secondary N) is 2. The van der Waals surface area contributed by atoms with Crippen molar-refractivity contribution in [3.63, 3.8) is 0 Å². The van der Waals surface area contributed by atoms with E-state index < -0.39 is 0 Å². The van der Waals surface area contributed by atoms with Crippen LogP contribution >= 0.6 is 23.2 Å².